The Bertz CT molecular complexity index is 941. The van der Waals surface area contributed by atoms with Crippen LogP contribution in [0, 0.1) is 5.92 Å². The smallest absolute Gasteiger partial charge is 0.227 e. The van der Waals surface area contributed by atoms with Crippen LogP contribution in [0.1, 0.15) is 24.6 Å². The molecule has 1 aliphatic rings. The molecule has 0 radical (unpaired) electrons. The molecule has 6 nitrogen and oxygen atoms in total. The molecule has 156 valence electrons. The third kappa shape index (κ3) is 4.76. The Kier molecular flexibility index (Phi) is 6.54. The number of carbonyl (C=O) groups is 1. The number of hydrogen-bond acceptors (Lipinski definition) is 4. The van der Waals surface area contributed by atoms with Crippen molar-refractivity contribution in [2.75, 3.05) is 26.2 Å². The summed E-state index contributed by atoms with van der Waals surface area (Å²) in [5, 5.41) is 7.12. The highest BCUT2D eigenvalue weighted by molar-refractivity contribution is 5.80. The maximum atomic E-state index is 13.4. The molecule has 6 heteroatoms. The van der Waals surface area contributed by atoms with Crippen molar-refractivity contribution in [2.45, 2.75) is 26.3 Å². The second kappa shape index (κ2) is 9.67. The average Bonchev–Trinajstić information content (AvgIpc) is 3.24. The van der Waals surface area contributed by atoms with Crippen molar-refractivity contribution in [1.82, 2.24) is 25.0 Å². The van der Waals surface area contributed by atoms with Gasteiger partial charge in [-0.1, -0.05) is 31.2 Å². The Morgan fingerprint density at radius 3 is 2.67 bits per heavy atom. The van der Waals surface area contributed by atoms with Crippen LogP contribution in [0.3, 0.4) is 0 Å². The van der Waals surface area contributed by atoms with Crippen LogP contribution in [-0.4, -0.2) is 57.1 Å². The summed E-state index contributed by atoms with van der Waals surface area (Å²) in [7, 11) is 0. The zero-order chi connectivity index (χ0) is 20.8. The number of rotatable bonds is 7. The summed E-state index contributed by atoms with van der Waals surface area (Å²) in [5.74, 6) is 0.207. The fourth-order valence-corrected chi connectivity index (χ4v) is 4.29. The first-order valence-corrected chi connectivity index (χ1v) is 10.7. The minimum Gasteiger partial charge on any atom is -0.341 e. The lowest BCUT2D eigenvalue weighted by Gasteiger charge is -2.24. The lowest BCUT2D eigenvalue weighted by molar-refractivity contribution is -0.134. The number of aromatic amines is 1. The van der Waals surface area contributed by atoms with E-state index in [0.29, 0.717) is 0 Å². The summed E-state index contributed by atoms with van der Waals surface area (Å²) < 4.78 is 0. The van der Waals surface area contributed by atoms with Gasteiger partial charge in [0.1, 0.15) is 0 Å². The van der Waals surface area contributed by atoms with E-state index in [-0.39, 0.29) is 11.8 Å². The first-order chi connectivity index (χ1) is 14.7. The van der Waals surface area contributed by atoms with E-state index in [1.54, 1.807) is 6.20 Å². The molecule has 1 unspecified atom stereocenters. The van der Waals surface area contributed by atoms with Gasteiger partial charge in [-0.2, -0.15) is 5.10 Å². The van der Waals surface area contributed by atoms with Gasteiger partial charge in [-0.15, -0.1) is 0 Å². The van der Waals surface area contributed by atoms with Crippen molar-refractivity contribution < 1.29 is 4.79 Å². The monoisotopic (exact) mass is 403 g/mol. The number of hydrogen-bond donors (Lipinski definition) is 1. The Balaban J connectivity index is 1.59. The summed E-state index contributed by atoms with van der Waals surface area (Å²) in [5.41, 5.74) is 4.62. The highest BCUT2D eigenvalue weighted by Crippen LogP contribution is 2.27. The molecule has 1 aliphatic heterocycles. The summed E-state index contributed by atoms with van der Waals surface area (Å²) >= 11 is 0. The van der Waals surface area contributed by atoms with Crippen LogP contribution >= 0.6 is 0 Å². The van der Waals surface area contributed by atoms with Crippen molar-refractivity contribution in [3.63, 3.8) is 0 Å². The summed E-state index contributed by atoms with van der Waals surface area (Å²) in [6, 6.07) is 14.5. The second-order valence-corrected chi connectivity index (χ2v) is 7.94. The van der Waals surface area contributed by atoms with Gasteiger partial charge < -0.3 is 4.90 Å². The number of aromatic nitrogens is 3. The highest BCUT2D eigenvalue weighted by atomic mass is 16.2. The average molecular weight is 404 g/mol. The van der Waals surface area contributed by atoms with Gasteiger partial charge in [-0.3, -0.25) is 19.8 Å². The molecule has 0 bridgehead atoms. The van der Waals surface area contributed by atoms with Crippen LogP contribution in [-0.2, 0) is 17.8 Å². The molecule has 0 spiro atoms. The van der Waals surface area contributed by atoms with Gasteiger partial charge in [-0.25, -0.2) is 0 Å². The standard InChI is InChI=1S/C24H29N5O/c1-2-13-29-15-14-28(18-22-9-12-26-27-22)17-21(24(29)30)16-20-5-3-4-6-23(20)19-7-10-25-11-8-19/h3-12,21H,2,13-18H2,1H3,(H,26,27). The van der Waals surface area contributed by atoms with E-state index in [4.69, 9.17) is 0 Å². The van der Waals surface area contributed by atoms with E-state index in [0.717, 1.165) is 56.8 Å². The third-order valence-corrected chi connectivity index (χ3v) is 5.75. The molecule has 1 amide bonds. The quantitative estimate of drug-likeness (QED) is 0.657. The Hall–Kier alpha value is -2.99. The van der Waals surface area contributed by atoms with Gasteiger partial charge in [-0.05, 0) is 47.7 Å². The molecule has 1 N–H and O–H groups in total. The Labute approximate surface area is 177 Å². The van der Waals surface area contributed by atoms with Gasteiger partial charge in [0.05, 0.1) is 5.92 Å². The fourth-order valence-electron chi connectivity index (χ4n) is 4.29. The van der Waals surface area contributed by atoms with Gasteiger partial charge in [0.15, 0.2) is 0 Å². The van der Waals surface area contributed by atoms with E-state index in [1.165, 1.54) is 11.1 Å². The topological polar surface area (TPSA) is 65.1 Å². The van der Waals surface area contributed by atoms with Crippen molar-refractivity contribution in [2.24, 2.45) is 5.92 Å². The minimum absolute atomic E-state index is 0.0649. The molecule has 1 saturated heterocycles. The summed E-state index contributed by atoms with van der Waals surface area (Å²) in [6.07, 6.45) is 7.13. The molecule has 1 aromatic carbocycles. The molecule has 3 heterocycles. The predicted molar refractivity (Wildman–Crippen MR) is 118 cm³/mol. The number of carbonyl (C=O) groups excluding carboxylic acids is 1. The molecule has 1 fully saturated rings. The molecule has 3 aromatic rings. The lowest BCUT2D eigenvalue weighted by Crippen LogP contribution is -2.37. The Morgan fingerprint density at radius 2 is 1.90 bits per heavy atom. The van der Waals surface area contributed by atoms with Crippen molar-refractivity contribution >= 4 is 5.91 Å². The van der Waals surface area contributed by atoms with Gasteiger partial charge in [0.2, 0.25) is 5.91 Å². The molecule has 30 heavy (non-hydrogen) atoms. The number of pyridine rings is 1. The largest absolute Gasteiger partial charge is 0.341 e. The van der Waals surface area contributed by atoms with Crippen LogP contribution in [0.4, 0.5) is 0 Å². The van der Waals surface area contributed by atoms with Gasteiger partial charge >= 0.3 is 0 Å². The number of nitrogens with one attached hydrogen (secondary N) is 1. The summed E-state index contributed by atoms with van der Waals surface area (Å²) in [6.45, 7) is 6.16. The van der Waals surface area contributed by atoms with E-state index >= 15 is 0 Å². The first kappa shape index (κ1) is 20.3. The number of H-pyrrole nitrogens is 1. The first-order valence-electron chi connectivity index (χ1n) is 10.7. The minimum atomic E-state index is -0.0649. The van der Waals surface area contributed by atoms with Gasteiger partial charge in [0.25, 0.3) is 0 Å². The van der Waals surface area contributed by atoms with E-state index < -0.39 is 0 Å². The predicted octanol–water partition coefficient (Wildman–Crippen LogP) is 3.38. The van der Waals surface area contributed by atoms with Crippen LogP contribution in [0.25, 0.3) is 11.1 Å². The zero-order valence-corrected chi connectivity index (χ0v) is 17.5. The molecule has 1 atom stereocenters. The lowest BCUT2D eigenvalue weighted by atomic mass is 9.91. The number of benzene rings is 1. The molecule has 4 rings (SSSR count). The third-order valence-electron chi connectivity index (χ3n) is 5.75. The van der Waals surface area contributed by atoms with Crippen molar-refractivity contribution in [1.29, 1.82) is 0 Å². The number of amides is 1. The van der Waals surface area contributed by atoms with Crippen LogP contribution < -0.4 is 0 Å². The number of nitrogens with zero attached hydrogens (tertiary/aromatic N) is 4. The Morgan fingerprint density at radius 1 is 1.07 bits per heavy atom. The molecular formula is C24H29N5O. The molecule has 2 aromatic heterocycles. The highest BCUT2D eigenvalue weighted by Gasteiger charge is 2.30. The maximum absolute atomic E-state index is 13.4. The van der Waals surface area contributed by atoms with Crippen LogP contribution in [0.5, 0.6) is 0 Å². The van der Waals surface area contributed by atoms with Gasteiger partial charge in [0, 0.05) is 57.0 Å². The van der Waals surface area contributed by atoms with Crippen molar-refractivity contribution in [3.05, 3.63) is 72.3 Å². The van der Waals surface area contributed by atoms with E-state index in [1.807, 2.05) is 35.5 Å². The zero-order valence-electron chi connectivity index (χ0n) is 17.5. The summed E-state index contributed by atoms with van der Waals surface area (Å²) in [4.78, 5) is 22.0. The SMILES string of the molecule is CCCN1CCN(Cc2ccn[nH]2)CC(Cc2ccccc2-c2ccncc2)C1=O. The van der Waals surface area contributed by atoms with E-state index in [9.17, 15) is 4.79 Å². The molecular weight excluding hydrogens is 374 g/mol. The fraction of sp³-hybridized carbons (Fsp3) is 0.375. The molecule has 0 saturated carbocycles. The molecule has 0 aliphatic carbocycles. The second-order valence-electron chi connectivity index (χ2n) is 7.94. The maximum Gasteiger partial charge on any atom is 0.227 e. The normalized spacial score (nSPS) is 17.8. The van der Waals surface area contributed by atoms with E-state index in [2.05, 4.69) is 51.3 Å². The van der Waals surface area contributed by atoms with Crippen LogP contribution in [0.2, 0.25) is 0 Å². The van der Waals surface area contributed by atoms with Crippen LogP contribution in [0.15, 0.2) is 61.1 Å². The van der Waals surface area contributed by atoms with Crippen molar-refractivity contribution in [3.8, 4) is 11.1 Å².